The molecule has 7 heteroatoms. The number of hydrazone groups is 1. The van der Waals surface area contributed by atoms with Gasteiger partial charge in [-0.15, -0.1) is 0 Å². The second kappa shape index (κ2) is 7.38. The molecular weight excluding hydrogens is 320 g/mol. The number of para-hydroxylation sites is 1. The number of benzene rings is 1. The van der Waals surface area contributed by atoms with E-state index in [0.29, 0.717) is 17.8 Å². The number of nitrogens with zero attached hydrogens (tertiary/aromatic N) is 3. The second-order valence-corrected chi connectivity index (χ2v) is 6.04. The molecule has 7 nitrogen and oxygen atoms in total. The third kappa shape index (κ3) is 3.50. The van der Waals surface area contributed by atoms with E-state index >= 15 is 0 Å². The van der Waals surface area contributed by atoms with Crippen LogP contribution in [0.5, 0.6) is 5.88 Å². The van der Waals surface area contributed by atoms with Crippen LogP contribution in [0.15, 0.2) is 45.0 Å². The first-order chi connectivity index (χ1) is 12.1. The van der Waals surface area contributed by atoms with E-state index in [1.54, 1.807) is 24.3 Å². The van der Waals surface area contributed by atoms with Crippen molar-refractivity contribution in [3.63, 3.8) is 0 Å². The average molecular weight is 342 g/mol. The lowest BCUT2D eigenvalue weighted by atomic mass is 10.1. The Balaban J connectivity index is 2.13. The Labute approximate surface area is 145 Å². The SMILES string of the molecule is CCC(=NN1CCCCC1)c1c(O)n(-c2ccccc2)c(=O)[nH]c1=O. The predicted molar refractivity (Wildman–Crippen MR) is 96.6 cm³/mol. The molecule has 1 aromatic carbocycles. The van der Waals surface area contributed by atoms with Crippen LogP contribution in [0.3, 0.4) is 0 Å². The highest BCUT2D eigenvalue weighted by Gasteiger charge is 2.20. The smallest absolute Gasteiger partial charge is 0.335 e. The van der Waals surface area contributed by atoms with Crippen molar-refractivity contribution in [1.82, 2.24) is 14.6 Å². The molecule has 0 amide bonds. The molecule has 2 aromatic rings. The van der Waals surface area contributed by atoms with Crippen LogP contribution in [-0.4, -0.2) is 38.5 Å². The fourth-order valence-electron chi connectivity index (χ4n) is 3.05. The summed E-state index contributed by atoms with van der Waals surface area (Å²) in [5.74, 6) is -0.377. The molecule has 0 bridgehead atoms. The summed E-state index contributed by atoms with van der Waals surface area (Å²) < 4.78 is 1.10. The highest BCUT2D eigenvalue weighted by Crippen LogP contribution is 2.19. The van der Waals surface area contributed by atoms with Crippen LogP contribution in [-0.2, 0) is 0 Å². The molecule has 1 aliphatic rings. The van der Waals surface area contributed by atoms with Gasteiger partial charge in [0.05, 0.1) is 11.4 Å². The van der Waals surface area contributed by atoms with Gasteiger partial charge in [0.25, 0.3) is 5.56 Å². The van der Waals surface area contributed by atoms with E-state index in [4.69, 9.17) is 0 Å². The van der Waals surface area contributed by atoms with Crippen LogP contribution < -0.4 is 11.2 Å². The van der Waals surface area contributed by atoms with Crippen LogP contribution >= 0.6 is 0 Å². The largest absolute Gasteiger partial charge is 0.493 e. The zero-order valence-corrected chi connectivity index (χ0v) is 14.2. The molecule has 1 aliphatic heterocycles. The van der Waals surface area contributed by atoms with Crippen LogP contribution in [0.25, 0.3) is 5.69 Å². The lowest BCUT2D eigenvalue weighted by molar-refractivity contribution is 0.239. The van der Waals surface area contributed by atoms with E-state index in [-0.39, 0.29) is 11.4 Å². The van der Waals surface area contributed by atoms with Gasteiger partial charge in [-0.1, -0.05) is 25.1 Å². The van der Waals surface area contributed by atoms with Crippen LogP contribution in [0, 0.1) is 0 Å². The Bertz CT molecular complexity index is 877. The molecule has 25 heavy (non-hydrogen) atoms. The van der Waals surface area contributed by atoms with Crippen LogP contribution in [0.1, 0.15) is 38.2 Å². The summed E-state index contributed by atoms with van der Waals surface area (Å²) in [5.41, 5.74) is -0.282. The number of aromatic nitrogens is 2. The Morgan fingerprint density at radius 1 is 1.16 bits per heavy atom. The Morgan fingerprint density at radius 2 is 1.84 bits per heavy atom. The van der Waals surface area contributed by atoms with Gasteiger partial charge in [0, 0.05) is 13.1 Å². The van der Waals surface area contributed by atoms with E-state index < -0.39 is 11.2 Å². The van der Waals surface area contributed by atoms with Gasteiger partial charge in [0.2, 0.25) is 5.88 Å². The van der Waals surface area contributed by atoms with Crippen LogP contribution in [0.4, 0.5) is 0 Å². The molecule has 1 fully saturated rings. The summed E-state index contributed by atoms with van der Waals surface area (Å²) in [5, 5.41) is 17.2. The van der Waals surface area contributed by atoms with Crippen molar-refractivity contribution in [2.45, 2.75) is 32.6 Å². The molecule has 0 radical (unpaired) electrons. The van der Waals surface area contributed by atoms with Gasteiger partial charge in [-0.25, -0.2) is 9.36 Å². The van der Waals surface area contributed by atoms with Crippen molar-refractivity contribution in [3.8, 4) is 11.6 Å². The lowest BCUT2D eigenvalue weighted by Gasteiger charge is -2.25. The van der Waals surface area contributed by atoms with Gasteiger partial charge < -0.3 is 5.11 Å². The Morgan fingerprint density at radius 3 is 2.48 bits per heavy atom. The zero-order valence-electron chi connectivity index (χ0n) is 14.2. The van der Waals surface area contributed by atoms with Gasteiger partial charge in [-0.05, 0) is 37.8 Å². The van der Waals surface area contributed by atoms with E-state index in [1.807, 2.05) is 18.0 Å². The van der Waals surface area contributed by atoms with Crippen molar-refractivity contribution in [3.05, 3.63) is 56.7 Å². The molecule has 0 aliphatic carbocycles. The lowest BCUT2D eigenvalue weighted by Crippen LogP contribution is -2.34. The number of aromatic hydroxyl groups is 1. The summed E-state index contributed by atoms with van der Waals surface area (Å²) in [6.07, 6.45) is 3.77. The molecule has 0 saturated carbocycles. The molecule has 132 valence electrons. The number of rotatable bonds is 4. The quantitative estimate of drug-likeness (QED) is 0.830. The standard InChI is InChI=1S/C18H22N4O3/c1-2-14(20-21-11-7-4-8-12-21)15-16(23)19-18(25)22(17(15)24)13-9-5-3-6-10-13/h3,5-6,9-10,24H,2,4,7-8,11-12H2,1H3,(H,19,23,25). The second-order valence-electron chi connectivity index (χ2n) is 6.04. The van der Waals surface area contributed by atoms with Gasteiger partial charge in [-0.2, -0.15) is 5.10 Å². The molecule has 0 spiro atoms. The summed E-state index contributed by atoms with van der Waals surface area (Å²) >= 11 is 0. The summed E-state index contributed by atoms with van der Waals surface area (Å²) in [6, 6.07) is 8.71. The van der Waals surface area contributed by atoms with E-state index in [0.717, 1.165) is 30.5 Å². The fourth-order valence-corrected chi connectivity index (χ4v) is 3.05. The minimum absolute atomic E-state index is 0.0523. The Kier molecular flexibility index (Phi) is 5.02. The maximum atomic E-state index is 12.4. The third-order valence-corrected chi connectivity index (χ3v) is 4.32. The maximum absolute atomic E-state index is 12.4. The molecule has 2 heterocycles. The van der Waals surface area contributed by atoms with Crippen molar-refractivity contribution >= 4 is 5.71 Å². The normalized spacial score (nSPS) is 15.4. The monoisotopic (exact) mass is 342 g/mol. The first-order valence-corrected chi connectivity index (χ1v) is 8.58. The molecule has 2 N–H and O–H groups in total. The van der Waals surface area contributed by atoms with Gasteiger partial charge in [0.15, 0.2) is 0 Å². The zero-order chi connectivity index (χ0) is 17.8. The first kappa shape index (κ1) is 17.0. The molecule has 0 atom stereocenters. The number of aromatic amines is 1. The number of hydrogen-bond donors (Lipinski definition) is 2. The summed E-state index contributed by atoms with van der Waals surface area (Å²) in [6.45, 7) is 3.54. The molecular formula is C18H22N4O3. The maximum Gasteiger partial charge on any atom is 0.335 e. The highest BCUT2D eigenvalue weighted by atomic mass is 16.3. The molecule has 3 rings (SSSR count). The molecule has 1 aromatic heterocycles. The van der Waals surface area contributed by atoms with Crippen molar-refractivity contribution in [2.24, 2.45) is 5.10 Å². The van der Waals surface area contributed by atoms with Crippen molar-refractivity contribution < 1.29 is 5.11 Å². The molecule has 0 unspecified atom stereocenters. The molecule has 1 saturated heterocycles. The van der Waals surface area contributed by atoms with E-state index in [1.165, 1.54) is 6.42 Å². The van der Waals surface area contributed by atoms with E-state index in [2.05, 4.69) is 10.1 Å². The number of piperidine rings is 1. The number of H-pyrrole nitrogens is 1. The minimum atomic E-state index is -0.675. The predicted octanol–water partition coefficient (Wildman–Crippen LogP) is 1.83. The fraction of sp³-hybridized carbons (Fsp3) is 0.389. The van der Waals surface area contributed by atoms with Gasteiger partial charge in [0.1, 0.15) is 5.56 Å². The van der Waals surface area contributed by atoms with Crippen molar-refractivity contribution in [1.29, 1.82) is 0 Å². The highest BCUT2D eigenvalue weighted by molar-refractivity contribution is 6.01. The summed E-state index contributed by atoms with van der Waals surface area (Å²) in [7, 11) is 0. The third-order valence-electron chi connectivity index (χ3n) is 4.32. The minimum Gasteiger partial charge on any atom is -0.493 e. The van der Waals surface area contributed by atoms with Crippen molar-refractivity contribution in [2.75, 3.05) is 13.1 Å². The van der Waals surface area contributed by atoms with Crippen LogP contribution in [0.2, 0.25) is 0 Å². The first-order valence-electron chi connectivity index (χ1n) is 8.58. The van der Waals surface area contributed by atoms with E-state index in [9.17, 15) is 14.7 Å². The topological polar surface area (TPSA) is 90.7 Å². The number of hydrogen-bond acceptors (Lipinski definition) is 5. The Hall–Kier alpha value is -2.83. The summed E-state index contributed by atoms with van der Waals surface area (Å²) in [4.78, 5) is 26.9. The number of nitrogens with one attached hydrogen (secondary N) is 1. The average Bonchev–Trinajstić information content (AvgIpc) is 2.62. The van der Waals surface area contributed by atoms with Gasteiger partial charge >= 0.3 is 5.69 Å². The van der Waals surface area contributed by atoms with Gasteiger partial charge in [-0.3, -0.25) is 14.8 Å².